The van der Waals surface area contributed by atoms with Crippen molar-refractivity contribution in [2.24, 2.45) is 0 Å². The summed E-state index contributed by atoms with van der Waals surface area (Å²) in [6, 6.07) is 40.1. The van der Waals surface area contributed by atoms with Crippen molar-refractivity contribution < 1.29 is 5.11 Å². The fourth-order valence-electron chi connectivity index (χ4n) is 5.30. The predicted octanol–water partition coefficient (Wildman–Crippen LogP) is 6.91. The van der Waals surface area contributed by atoms with Crippen molar-refractivity contribution in [3.63, 3.8) is 0 Å². The summed E-state index contributed by atoms with van der Waals surface area (Å²) in [4.78, 5) is 0. The summed E-state index contributed by atoms with van der Waals surface area (Å²) in [7, 11) is 0. The van der Waals surface area contributed by atoms with E-state index in [1.165, 1.54) is 22.1 Å². The SMILES string of the molecule is Oc1cc2ccccc2c2c1-c1ccccc1C2(c1ccccc1)c1ccccc1. The van der Waals surface area contributed by atoms with Crippen molar-refractivity contribution in [2.45, 2.75) is 5.41 Å². The second-order valence-corrected chi connectivity index (χ2v) is 7.89. The molecule has 30 heavy (non-hydrogen) atoms. The molecule has 1 N–H and O–H groups in total. The number of hydrogen-bond acceptors (Lipinski definition) is 1. The third kappa shape index (κ3) is 2.12. The summed E-state index contributed by atoms with van der Waals surface area (Å²) >= 11 is 0. The Kier molecular flexibility index (Phi) is 3.60. The Labute approximate surface area is 175 Å². The van der Waals surface area contributed by atoms with E-state index in [4.69, 9.17) is 0 Å². The first-order chi connectivity index (χ1) is 14.8. The topological polar surface area (TPSA) is 20.2 Å². The van der Waals surface area contributed by atoms with Gasteiger partial charge in [-0.05, 0) is 44.7 Å². The summed E-state index contributed by atoms with van der Waals surface area (Å²) in [5, 5.41) is 13.4. The molecule has 5 aromatic carbocycles. The Morgan fingerprint density at radius 2 is 1.13 bits per heavy atom. The van der Waals surface area contributed by atoms with Crippen molar-refractivity contribution in [3.8, 4) is 16.9 Å². The van der Waals surface area contributed by atoms with E-state index in [0.29, 0.717) is 5.75 Å². The Bertz CT molecular complexity index is 1350. The van der Waals surface area contributed by atoms with Gasteiger partial charge in [-0.2, -0.15) is 0 Å². The van der Waals surface area contributed by atoms with Crippen LogP contribution in [0.15, 0.2) is 115 Å². The lowest BCUT2D eigenvalue weighted by Gasteiger charge is -2.34. The van der Waals surface area contributed by atoms with Crippen molar-refractivity contribution >= 4 is 10.8 Å². The molecule has 6 rings (SSSR count). The van der Waals surface area contributed by atoms with Gasteiger partial charge >= 0.3 is 0 Å². The van der Waals surface area contributed by atoms with Gasteiger partial charge in [0.1, 0.15) is 5.75 Å². The first-order valence-electron chi connectivity index (χ1n) is 10.3. The molecular weight excluding hydrogens is 364 g/mol. The Balaban J connectivity index is 1.91. The van der Waals surface area contributed by atoms with E-state index < -0.39 is 5.41 Å². The van der Waals surface area contributed by atoms with Crippen LogP contribution in [-0.4, -0.2) is 5.11 Å². The molecule has 1 aliphatic carbocycles. The standard InChI is InChI=1S/C29H20O/c30-26-19-20-11-7-8-16-23(20)28-27(26)24-17-9-10-18-25(24)29(28,21-12-3-1-4-13-21)22-14-5-2-6-15-22/h1-19,30H. The summed E-state index contributed by atoms with van der Waals surface area (Å²) < 4.78 is 0. The largest absolute Gasteiger partial charge is 0.507 e. The van der Waals surface area contributed by atoms with Gasteiger partial charge in [-0.15, -0.1) is 0 Å². The van der Waals surface area contributed by atoms with Crippen LogP contribution in [-0.2, 0) is 5.41 Å². The van der Waals surface area contributed by atoms with Crippen LogP contribution in [0.5, 0.6) is 5.75 Å². The number of phenols is 1. The molecule has 0 atom stereocenters. The Morgan fingerprint density at radius 1 is 0.567 bits per heavy atom. The van der Waals surface area contributed by atoms with Gasteiger partial charge in [0, 0.05) is 5.56 Å². The third-order valence-corrected chi connectivity index (χ3v) is 6.42. The van der Waals surface area contributed by atoms with Gasteiger partial charge in [-0.25, -0.2) is 0 Å². The van der Waals surface area contributed by atoms with Crippen molar-refractivity contribution in [2.75, 3.05) is 0 Å². The second-order valence-electron chi connectivity index (χ2n) is 7.89. The highest BCUT2D eigenvalue weighted by atomic mass is 16.3. The van der Waals surface area contributed by atoms with E-state index in [0.717, 1.165) is 22.1 Å². The molecule has 0 amide bonds. The quantitative estimate of drug-likeness (QED) is 0.344. The van der Waals surface area contributed by atoms with Crippen molar-refractivity contribution in [1.82, 2.24) is 0 Å². The molecule has 142 valence electrons. The normalized spacial score (nSPS) is 13.7. The minimum atomic E-state index is -0.493. The predicted molar refractivity (Wildman–Crippen MR) is 123 cm³/mol. The zero-order valence-corrected chi connectivity index (χ0v) is 16.4. The van der Waals surface area contributed by atoms with Gasteiger partial charge in [0.2, 0.25) is 0 Å². The van der Waals surface area contributed by atoms with Crippen LogP contribution in [0.3, 0.4) is 0 Å². The van der Waals surface area contributed by atoms with Crippen LogP contribution in [0.2, 0.25) is 0 Å². The average Bonchev–Trinajstić information content (AvgIpc) is 3.13. The van der Waals surface area contributed by atoms with Gasteiger partial charge in [0.15, 0.2) is 0 Å². The first kappa shape index (κ1) is 17.1. The maximum atomic E-state index is 11.2. The molecule has 0 unspecified atom stereocenters. The number of phenolic OH excluding ortho intramolecular Hbond substituents is 1. The van der Waals surface area contributed by atoms with Crippen LogP contribution in [0.4, 0.5) is 0 Å². The van der Waals surface area contributed by atoms with Gasteiger partial charge in [0.25, 0.3) is 0 Å². The summed E-state index contributed by atoms with van der Waals surface area (Å²) in [6.45, 7) is 0. The summed E-state index contributed by atoms with van der Waals surface area (Å²) in [5.41, 5.74) is 6.34. The second kappa shape index (κ2) is 6.33. The maximum Gasteiger partial charge on any atom is 0.124 e. The molecule has 1 aliphatic rings. The highest BCUT2D eigenvalue weighted by Crippen LogP contribution is 2.60. The minimum Gasteiger partial charge on any atom is -0.507 e. The first-order valence-corrected chi connectivity index (χ1v) is 10.3. The number of hydrogen-bond donors (Lipinski definition) is 1. The molecule has 0 aliphatic heterocycles. The fourth-order valence-corrected chi connectivity index (χ4v) is 5.30. The van der Waals surface area contributed by atoms with E-state index in [1.54, 1.807) is 0 Å². The fraction of sp³-hybridized carbons (Fsp3) is 0.0345. The summed E-state index contributed by atoms with van der Waals surface area (Å²) in [5.74, 6) is 0.338. The molecule has 0 fully saturated rings. The zero-order chi connectivity index (χ0) is 20.1. The molecule has 0 radical (unpaired) electrons. The number of rotatable bonds is 2. The molecular formula is C29H20O. The van der Waals surface area contributed by atoms with Crippen LogP contribution in [0.25, 0.3) is 21.9 Å². The molecule has 1 heteroatoms. The minimum absolute atomic E-state index is 0.338. The third-order valence-electron chi connectivity index (χ3n) is 6.42. The average molecular weight is 384 g/mol. The molecule has 0 bridgehead atoms. The lowest BCUT2D eigenvalue weighted by Crippen LogP contribution is -2.28. The number of aromatic hydroxyl groups is 1. The molecule has 0 saturated carbocycles. The van der Waals surface area contributed by atoms with E-state index >= 15 is 0 Å². The molecule has 5 aromatic rings. The highest BCUT2D eigenvalue weighted by molar-refractivity contribution is 6.02. The maximum absolute atomic E-state index is 11.2. The van der Waals surface area contributed by atoms with E-state index in [1.807, 2.05) is 12.1 Å². The monoisotopic (exact) mass is 384 g/mol. The van der Waals surface area contributed by atoms with Crippen LogP contribution in [0, 0.1) is 0 Å². The van der Waals surface area contributed by atoms with Crippen molar-refractivity contribution in [3.05, 3.63) is 138 Å². The van der Waals surface area contributed by atoms with Crippen molar-refractivity contribution in [1.29, 1.82) is 0 Å². The lowest BCUT2D eigenvalue weighted by molar-refractivity contribution is 0.477. The molecule has 0 heterocycles. The van der Waals surface area contributed by atoms with Gasteiger partial charge in [-0.1, -0.05) is 109 Å². The number of fused-ring (bicyclic) bond motifs is 5. The van der Waals surface area contributed by atoms with Crippen LogP contribution in [0.1, 0.15) is 22.3 Å². The molecule has 0 saturated heterocycles. The lowest BCUT2D eigenvalue weighted by atomic mass is 9.66. The molecule has 1 nitrogen and oxygen atoms in total. The molecule has 0 spiro atoms. The van der Waals surface area contributed by atoms with E-state index in [2.05, 4.69) is 103 Å². The van der Waals surface area contributed by atoms with E-state index in [9.17, 15) is 5.11 Å². The van der Waals surface area contributed by atoms with E-state index in [-0.39, 0.29) is 0 Å². The zero-order valence-electron chi connectivity index (χ0n) is 16.4. The van der Waals surface area contributed by atoms with Crippen LogP contribution < -0.4 is 0 Å². The van der Waals surface area contributed by atoms with Gasteiger partial charge in [0.05, 0.1) is 5.41 Å². The highest BCUT2D eigenvalue weighted by Gasteiger charge is 2.48. The smallest absolute Gasteiger partial charge is 0.124 e. The van der Waals surface area contributed by atoms with Gasteiger partial charge in [-0.3, -0.25) is 0 Å². The Hall–Kier alpha value is -3.84. The number of benzene rings is 5. The summed E-state index contributed by atoms with van der Waals surface area (Å²) in [6.07, 6.45) is 0. The Morgan fingerprint density at radius 3 is 1.83 bits per heavy atom. The van der Waals surface area contributed by atoms with Gasteiger partial charge < -0.3 is 5.11 Å². The van der Waals surface area contributed by atoms with Crippen LogP contribution >= 0.6 is 0 Å². The molecule has 0 aromatic heterocycles.